The molecule has 2 rings (SSSR count). The van der Waals surface area contributed by atoms with Gasteiger partial charge in [0.05, 0.1) is 16.3 Å². The minimum Gasteiger partial charge on any atom is -0.399 e. The van der Waals surface area contributed by atoms with Gasteiger partial charge in [-0.15, -0.1) is 0 Å². The SMILES string of the molecule is CN(C(=O)c1ccc(N)cc1Cl)c1ccccc1F. The molecule has 0 aliphatic carbocycles. The average molecular weight is 279 g/mol. The number of carbonyl (C=O) groups is 1. The molecule has 98 valence electrons. The third kappa shape index (κ3) is 2.69. The van der Waals surface area contributed by atoms with Crippen LogP contribution in [-0.2, 0) is 0 Å². The second-order valence-electron chi connectivity index (χ2n) is 4.05. The highest BCUT2D eigenvalue weighted by molar-refractivity contribution is 6.34. The molecule has 0 spiro atoms. The molecule has 3 nitrogen and oxygen atoms in total. The Balaban J connectivity index is 2.37. The van der Waals surface area contributed by atoms with Crippen LogP contribution in [0.3, 0.4) is 0 Å². The lowest BCUT2D eigenvalue weighted by Gasteiger charge is -2.18. The summed E-state index contributed by atoms with van der Waals surface area (Å²) in [6.45, 7) is 0. The van der Waals surface area contributed by atoms with Gasteiger partial charge in [0.1, 0.15) is 5.82 Å². The zero-order chi connectivity index (χ0) is 14.0. The maximum Gasteiger partial charge on any atom is 0.259 e. The molecule has 0 radical (unpaired) electrons. The number of rotatable bonds is 2. The number of amides is 1. The molecule has 2 aromatic carbocycles. The van der Waals surface area contributed by atoms with Crippen molar-refractivity contribution in [3.63, 3.8) is 0 Å². The van der Waals surface area contributed by atoms with E-state index in [1.807, 2.05) is 0 Å². The van der Waals surface area contributed by atoms with Crippen molar-refractivity contribution in [3.05, 3.63) is 58.9 Å². The topological polar surface area (TPSA) is 46.3 Å². The number of para-hydroxylation sites is 1. The monoisotopic (exact) mass is 278 g/mol. The molecular formula is C14H12ClFN2O. The molecule has 2 N–H and O–H groups in total. The lowest BCUT2D eigenvalue weighted by molar-refractivity contribution is 0.0992. The molecule has 0 aliphatic heterocycles. The van der Waals surface area contributed by atoms with E-state index in [1.54, 1.807) is 18.2 Å². The first-order valence-electron chi connectivity index (χ1n) is 5.58. The summed E-state index contributed by atoms with van der Waals surface area (Å²) in [4.78, 5) is 13.5. The van der Waals surface area contributed by atoms with E-state index >= 15 is 0 Å². The second-order valence-corrected chi connectivity index (χ2v) is 4.46. The Morgan fingerprint density at radius 1 is 1.26 bits per heavy atom. The van der Waals surface area contributed by atoms with Gasteiger partial charge in [-0.05, 0) is 30.3 Å². The third-order valence-electron chi connectivity index (χ3n) is 2.74. The van der Waals surface area contributed by atoms with Gasteiger partial charge in [-0.25, -0.2) is 4.39 Å². The second kappa shape index (κ2) is 5.28. The van der Waals surface area contributed by atoms with Crippen LogP contribution < -0.4 is 10.6 Å². The first-order valence-corrected chi connectivity index (χ1v) is 5.96. The highest BCUT2D eigenvalue weighted by Gasteiger charge is 2.18. The summed E-state index contributed by atoms with van der Waals surface area (Å²) < 4.78 is 13.6. The standard InChI is InChI=1S/C14H12ClFN2O/c1-18(13-5-3-2-4-12(13)16)14(19)10-7-6-9(17)8-11(10)15/h2-8H,17H2,1H3. The number of nitrogen functional groups attached to an aromatic ring is 1. The summed E-state index contributed by atoms with van der Waals surface area (Å²) in [7, 11) is 1.49. The molecular weight excluding hydrogens is 267 g/mol. The first-order chi connectivity index (χ1) is 9.00. The molecule has 2 aromatic rings. The van der Waals surface area contributed by atoms with Gasteiger partial charge in [0, 0.05) is 12.7 Å². The van der Waals surface area contributed by atoms with E-state index in [4.69, 9.17) is 17.3 Å². The minimum absolute atomic E-state index is 0.195. The molecule has 0 saturated carbocycles. The van der Waals surface area contributed by atoms with Gasteiger partial charge in [-0.3, -0.25) is 4.79 Å². The van der Waals surface area contributed by atoms with Crippen molar-refractivity contribution < 1.29 is 9.18 Å². The fourth-order valence-electron chi connectivity index (χ4n) is 1.72. The zero-order valence-corrected chi connectivity index (χ0v) is 11.0. The quantitative estimate of drug-likeness (QED) is 0.857. The minimum atomic E-state index is -0.468. The van der Waals surface area contributed by atoms with Crippen LogP contribution in [0.2, 0.25) is 5.02 Å². The Morgan fingerprint density at radius 3 is 2.58 bits per heavy atom. The molecule has 0 heterocycles. The summed E-state index contributed by atoms with van der Waals surface area (Å²) >= 11 is 5.97. The first kappa shape index (κ1) is 13.4. The van der Waals surface area contributed by atoms with E-state index in [1.165, 1.54) is 36.2 Å². The number of benzene rings is 2. The Bertz CT molecular complexity index is 631. The average Bonchev–Trinajstić information content (AvgIpc) is 2.38. The van der Waals surface area contributed by atoms with Crippen LogP contribution in [0.1, 0.15) is 10.4 Å². The van der Waals surface area contributed by atoms with Crippen LogP contribution >= 0.6 is 11.6 Å². The van der Waals surface area contributed by atoms with Crippen molar-refractivity contribution >= 4 is 28.9 Å². The predicted molar refractivity (Wildman–Crippen MR) is 75.0 cm³/mol. The lowest BCUT2D eigenvalue weighted by atomic mass is 10.1. The van der Waals surface area contributed by atoms with E-state index in [2.05, 4.69) is 0 Å². The van der Waals surface area contributed by atoms with Gasteiger partial charge >= 0.3 is 0 Å². The Morgan fingerprint density at radius 2 is 1.95 bits per heavy atom. The normalized spacial score (nSPS) is 10.3. The molecule has 0 unspecified atom stereocenters. The van der Waals surface area contributed by atoms with Crippen molar-refractivity contribution in [1.82, 2.24) is 0 Å². The Labute approximate surface area is 115 Å². The van der Waals surface area contributed by atoms with E-state index in [0.29, 0.717) is 5.69 Å². The molecule has 5 heteroatoms. The van der Waals surface area contributed by atoms with Crippen molar-refractivity contribution in [3.8, 4) is 0 Å². The fourth-order valence-corrected chi connectivity index (χ4v) is 1.99. The highest BCUT2D eigenvalue weighted by Crippen LogP contribution is 2.24. The smallest absolute Gasteiger partial charge is 0.259 e. The van der Waals surface area contributed by atoms with Crippen molar-refractivity contribution in [2.24, 2.45) is 0 Å². The molecule has 19 heavy (non-hydrogen) atoms. The molecule has 1 amide bonds. The van der Waals surface area contributed by atoms with E-state index in [9.17, 15) is 9.18 Å². The summed E-state index contributed by atoms with van der Waals surface area (Å²) in [6.07, 6.45) is 0. The van der Waals surface area contributed by atoms with Gasteiger partial charge in [0.25, 0.3) is 5.91 Å². The van der Waals surface area contributed by atoms with E-state index in [0.717, 1.165) is 0 Å². The molecule has 0 bridgehead atoms. The lowest BCUT2D eigenvalue weighted by Crippen LogP contribution is -2.27. The fraction of sp³-hybridized carbons (Fsp3) is 0.0714. The number of nitrogens with two attached hydrogens (primary N) is 1. The van der Waals surface area contributed by atoms with Crippen LogP contribution in [0.4, 0.5) is 15.8 Å². The molecule has 0 fully saturated rings. The van der Waals surface area contributed by atoms with Crippen LogP contribution in [0.25, 0.3) is 0 Å². The number of hydrogen-bond donors (Lipinski definition) is 1. The number of halogens is 2. The highest BCUT2D eigenvalue weighted by atomic mass is 35.5. The Hall–Kier alpha value is -2.07. The zero-order valence-electron chi connectivity index (χ0n) is 10.2. The van der Waals surface area contributed by atoms with Crippen LogP contribution in [-0.4, -0.2) is 13.0 Å². The van der Waals surface area contributed by atoms with Crippen LogP contribution in [0.15, 0.2) is 42.5 Å². The summed E-state index contributed by atoms with van der Waals surface area (Å²) in [6, 6.07) is 10.6. The summed E-state index contributed by atoms with van der Waals surface area (Å²) in [5.74, 6) is -0.861. The van der Waals surface area contributed by atoms with Gasteiger partial charge in [-0.2, -0.15) is 0 Å². The molecule has 0 aromatic heterocycles. The maximum absolute atomic E-state index is 13.6. The number of hydrogen-bond acceptors (Lipinski definition) is 2. The van der Waals surface area contributed by atoms with Gasteiger partial charge in [0.15, 0.2) is 0 Å². The number of carbonyl (C=O) groups excluding carboxylic acids is 1. The molecule has 0 atom stereocenters. The van der Waals surface area contributed by atoms with Crippen molar-refractivity contribution in [2.45, 2.75) is 0 Å². The largest absolute Gasteiger partial charge is 0.399 e. The number of anilines is 2. The number of nitrogens with zero attached hydrogens (tertiary/aromatic N) is 1. The molecule has 0 aliphatic rings. The Kier molecular flexibility index (Phi) is 3.71. The van der Waals surface area contributed by atoms with Crippen LogP contribution in [0, 0.1) is 5.82 Å². The molecule has 0 saturated heterocycles. The van der Waals surface area contributed by atoms with Gasteiger partial charge in [-0.1, -0.05) is 23.7 Å². The van der Waals surface area contributed by atoms with Gasteiger partial charge in [0.2, 0.25) is 0 Å². The maximum atomic E-state index is 13.6. The van der Waals surface area contributed by atoms with E-state index < -0.39 is 11.7 Å². The third-order valence-corrected chi connectivity index (χ3v) is 3.05. The van der Waals surface area contributed by atoms with Crippen molar-refractivity contribution in [2.75, 3.05) is 17.7 Å². The van der Waals surface area contributed by atoms with Gasteiger partial charge < -0.3 is 10.6 Å². The van der Waals surface area contributed by atoms with E-state index in [-0.39, 0.29) is 16.3 Å². The summed E-state index contributed by atoms with van der Waals surface area (Å²) in [5, 5.41) is 0.244. The van der Waals surface area contributed by atoms with Crippen LogP contribution in [0.5, 0.6) is 0 Å². The predicted octanol–water partition coefficient (Wildman–Crippen LogP) is 3.34. The van der Waals surface area contributed by atoms with Crippen molar-refractivity contribution in [1.29, 1.82) is 0 Å². The summed E-state index contributed by atoms with van der Waals surface area (Å²) in [5.41, 5.74) is 6.51.